The number of benzene rings is 1. The summed E-state index contributed by atoms with van der Waals surface area (Å²) in [5, 5.41) is 1.32. The molecule has 1 aliphatic carbocycles. The summed E-state index contributed by atoms with van der Waals surface area (Å²) in [6, 6.07) is 5.89. The number of carbonyl (C=O) groups excluding carboxylic acids is 2. The number of amides is 2. The fourth-order valence-corrected chi connectivity index (χ4v) is 2.12. The molecular formula is C12H11FN2O2. The number of rotatable bonds is 2. The number of fused-ring (bicyclic) bond motifs is 1. The second-order valence-electron chi connectivity index (χ2n) is 4.48. The van der Waals surface area contributed by atoms with E-state index in [1.54, 1.807) is 12.1 Å². The van der Waals surface area contributed by atoms with Crippen LogP contribution in [0.5, 0.6) is 0 Å². The predicted octanol–water partition coefficient (Wildman–Crippen LogP) is 0.835. The number of nitrogens with zero attached hydrogens (tertiary/aromatic N) is 1. The van der Waals surface area contributed by atoms with E-state index in [1.165, 1.54) is 17.1 Å². The first kappa shape index (κ1) is 10.3. The fourth-order valence-electron chi connectivity index (χ4n) is 2.12. The van der Waals surface area contributed by atoms with Crippen LogP contribution in [0.15, 0.2) is 24.3 Å². The van der Waals surface area contributed by atoms with Gasteiger partial charge in [-0.15, -0.1) is 0 Å². The van der Waals surface area contributed by atoms with Crippen LogP contribution in [0.3, 0.4) is 0 Å². The Labute approximate surface area is 97.4 Å². The van der Waals surface area contributed by atoms with Gasteiger partial charge in [0.15, 0.2) is 0 Å². The van der Waals surface area contributed by atoms with Gasteiger partial charge >= 0.3 is 0 Å². The summed E-state index contributed by atoms with van der Waals surface area (Å²) in [5.41, 5.74) is 3.36. The molecule has 17 heavy (non-hydrogen) atoms. The number of hydrogen-bond acceptors (Lipinski definition) is 2. The number of hydrazine groups is 1. The van der Waals surface area contributed by atoms with Gasteiger partial charge < -0.3 is 0 Å². The van der Waals surface area contributed by atoms with Crippen LogP contribution < -0.4 is 5.43 Å². The third kappa shape index (κ3) is 1.77. The maximum Gasteiger partial charge on any atom is 0.245 e. The summed E-state index contributed by atoms with van der Waals surface area (Å²) in [6.07, 6.45) is 0.657. The molecule has 5 heteroatoms. The highest BCUT2D eigenvalue weighted by Crippen LogP contribution is 2.42. The lowest BCUT2D eigenvalue weighted by Crippen LogP contribution is -2.51. The number of nitrogens with one attached hydrogen (secondary N) is 1. The van der Waals surface area contributed by atoms with Gasteiger partial charge in [0.05, 0.1) is 18.4 Å². The Balaban J connectivity index is 1.74. The summed E-state index contributed by atoms with van der Waals surface area (Å²) in [4.78, 5) is 23.3. The van der Waals surface area contributed by atoms with Crippen molar-refractivity contribution in [3.05, 3.63) is 35.6 Å². The van der Waals surface area contributed by atoms with E-state index < -0.39 is 0 Å². The Morgan fingerprint density at radius 1 is 1.24 bits per heavy atom. The van der Waals surface area contributed by atoms with Crippen LogP contribution in [0.25, 0.3) is 0 Å². The van der Waals surface area contributed by atoms with E-state index in [2.05, 4.69) is 5.43 Å². The molecule has 4 nitrogen and oxygen atoms in total. The molecular weight excluding hydrogens is 223 g/mol. The first-order valence-corrected chi connectivity index (χ1v) is 5.51. The van der Waals surface area contributed by atoms with Crippen molar-refractivity contribution in [3.8, 4) is 0 Å². The van der Waals surface area contributed by atoms with E-state index in [-0.39, 0.29) is 36.0 Å². The Bertz CT molecular complexity index is 486. The Kier molecular flexibility index (Phi) is 2.14. The molecule has 0 bridgehead atoms. The van der Waals surface area contributed by atoms with Crippen LogP contribution in [-0.4, -0.2) is 16.8 Å². The quantitative estimate of drug-likeness (QED) is 0.824. The largest absolute Gasteiger partial charge is 0.273 e. The van der Waals surface area contributed by atoms with Crippen molar-refractivity contribution in [2.24, 2.45) is 11.8 Å². The molecule has 0 aromatic heterocycles. The molecule has 2 amide bonds. The van der Waals surface area contributed by atoms with Gasteiger partial charge in [-0.1, -0.05) is 12.1 Å². The van der Waals surface area contributed by atoms with Crippen LogP contribution >= 0.6 is 0 Å². The third-order valence-corrected chi connectivity index (χ3v) is 3.21. The van der Waals surface area contributed by atoms with E-state index in [0.717, 1.165) is 5.56 Å². The molecule has 1 aromatic carbocycles. The van der Waals surface area contributed by atoms with Crippen LogP contribution in [0.4, 0.5) is 4.39 Å². The summed E-state index contributed by atoms with van der Waals surface area (Å²) in [5.74, 6) is -0.697. The van der Waals surface area contributed by atoms with Crippen molar-refractivity contribution in [1.82, 2.24) is 10.4 Å². The van der Waals surface area contributed by atoms with Crippen LogP contribution in [0.2, 0.25) is 0 Å². The van der Waals surface area contributed by atoms with E-state index in [9.17, 15) is 14.0 Å². The molecule has 1 N–H and O–H groups in total. The Hall–Kier alpha value is -1.91. The molecule has 2 fully saturated rings. The summed E-state index contributed by atoms with van der Waals surface area (Å²) < 4.78 is 12.7. The maximum atomic E-state index is 12.7. The molecule has 2 aliphatic rings. The lowest BCUT2D eigenvalue weighted by molar-refractivity contribution is -0.148. The van der Waals surface area contributed by atoms with Crippen molar-refractivity contribution < 1.29 is 14.0 Å². The highest BCUT2D eigenvalue weighted by Gasteiger charge is 2.53. The average molecular weight is 234 g/mol. The monoisotopic (exact) mass is 234 g/mol. The molecule has 1 aliphatic heterocycles. The summed E-state index contributed by atoms with van der Waals surface area (Å²) >= 11 is 0. The fraction of sp³-hybridized carbons (Fsp3) is 0.333. The van der Waals surface area contributed by atoms with Crippen molar-refractivity contribution in [3.63, 3.8) is 0 Å². The lowest BCUT2D eigenvalue weighted by atomic mass is 10.2. The molecule has 1 heterocycles. The van der Waals surface area contributed by atoms with Gasteiger partial charge in [0, 0.05) is 0 Å². The first-order chi connectivity index (χ1) is 8.15. The summed E-state index contributed by atoms with van der Waals surface area (Å²) in [6.45, 7) is 0.286. The minimum absolute atomic E-state index is 0.0427. The van der Waals surface area contributed by atoms with Crippen LogP contribution in [0, 0.1) is 17.7 Å². The van der Waals surface area contributed by atoms with Crippen molar-refractivity contribution in [2.75, 3.05) is 0 Å². The van der Waals surface area contributed by atoms with Gasteiger partial charge in [0.1, 0.15) is 5.82 Å². The number of hydrogen-bond donors (Lipinski definition) is 1. The molecule has 1 saturated heterocycles. The van der Waals surface area contributed by atoms with Gasteiger partial charge in [0.25, 0.3) is 0 Å². The number of carbonyl (C=O) groups is 2. The second kappa shape index (κ2) is 3.55. The van der Waals surface area contributed by atoms with Gasteiger partial charge in [-0.2, -0.15) is 0 Å². The van der Waals surface area contributed by atoms with Crippen molar-refractivity contribution in [1.29, 1.82) is 0 Å². The van der Waals surface area contributed by atoms with E-state index in [1.807, 2.05) is 0 Å². The highest BCUT2D eigenvalue weighted by atomic mass is 19.1. The SMILES string of the molecule is O=C1NN(Cc2ccc(F)cc2)C(=O)C2CC12. The van der Waals surface area contributed by atoms with E-state index in [4.69, 9.17) is 0 Å². The van der Waals surface area contributed by atoms with E-state index in [0.29, 0.717) is 6.42 Å². The summed E-state index contributed by atoms with van der Waals surface area (Å²) in [7, 11) is 0. The third-order valence-electron chi connectivity index (χ3n) is 3.21. The standard InChI is InChI=1S/C12H11FN2O2/c13-8-3-1-7(2-4-8)6-15-12(17)10-5-9(10)11(16)14-15/h1-4,9-10H,5-6H2,(H,14,16). The zero-order valence-electron chi connectivity index (χ0n) is 9.02. The molecule has 0 spiro atoms. The van der Waals surface area contributed by atoms with Gasteiger partial charge in [-0.05, 0) is 24.1 Å². The molecule has 2 unspecified atom stereocenters. The van der Waals surface area contributed by atoms with Gasteiger partial charge in [-0.3, -0.25) is 15.0 Å². The second-order valence-corrected chi connectivity index (χ2v) is 4.48. The zero-order chi connectivity index (χ0) is 12.0. The highest BCUT2D eigenvalue weighted by molar-refractivity contribution is 5.97. The minimum Gasteiger partial charge on any atom is -0.273 e. The predicted molar refractivity (Wildman–Crippen MR) is 56.7 cm³/mol. The molecule has 0 radical (unpaired) electrons. The zero-order valence-corrected chi connectivity index (χ0v) is 9.02. The van der Waals surface area contributed by atoms with Crippen LogP contribution in [0.1, 0.15) is 12.0 Å². The normalized spacial score (nSPS) is 26.5. The average Bonchev–Trinajstić information content (AvgIpc) is 3.09. The number of halogens is 1. The molecule has 1 aromatic rings. The Morgan fingerprint density at radius 2 is 1.94 bits per heavy atom. The topological polar surface area (TPSA) is 49.4 Å². The minimum atomic E-state index is -0.315. The molecule has 2 atom stereocenters. The van der Waals surface area contributed by atoms with Gasteiger partial charge in [-0.25, -0.2) is 9.40 Å². The van der Waals surface area contributed by atoms with E-state index >= 15 is 0 Å². The smallest absolute Gasteiger partial charge is 0.245 e. The molecule has 3 rings (SSSR count). The van der Waals surface area contributed by atoms with Gasteiger partial charge in [0.2, 0.25) is 11.8 Å². The lowest BCUT2D eigenvalue weighted by Gasteiger charge is -2.26. The van der Waals surface area contributed by atoms with Crippen LogP contribution in [-0.2, 0) is 16.1 Å². The van der Waals surface area contributed by atoms with Crippen molar-refractivity contribution in [2.45, 2.75) is 13.0 Å². The molecule has 88 valence electrons. The van der Waals surface area contributed by atoms with Crippen molar-refractivity contribution >= 4 is 11.8 Å². The maximum absolute atomic E-state index is 12.7. The Morgan fingerprint density at radius 3 is 2.65 bits per heavy atom. The first-order valence-electron chi connectivity index (χ1n) is 5.51. The molecule has 1 saturated carbocycles.